The minimum absolute atomic E-state index is 0.0465. The van der Waals surface area contributed by atoms with E-state index in [4.69, 9.17) is 14.6 Å². The van der Waals surface area contributed by atoms with Gasteiger partial charge in [-0.2, -0.15) is 5.06 Å². The first-order valence-corrected chi connectivity index (χ1v) is 9.38. The number of rotatable bonds is 2. The van der Waals surface area contributed by atoms with Gasteiger partial charge in [-0.25, -0.2) is 4.79 Å². The number of hydrogen-bond donors (Lipinski definition) is 1. The van der Waals surface area contributed by atoms with Crippen molar-refractivity contribution in [1.82, 2.24) is 5.06 Å². The Balaban J connectivity index is 1.68. The molecule has 1 spiro atoms. The average Bonchev–Trinajstić information content (AvgIpc) is 3.27. The van der Waals surface area contributed by atoms with Crippen LogP contribution in [0.1, 0.15) is 31.7 Å². The maximum absolute atomic E-state index is 12.9. The molecule has 1 saturated carbocycles. The monoisotopic (exact) mass is 368 g/mol. The Morgan fingerprint density at radius 3 is 2.85 bits per heavy atom. The van der Waals surface area contributed by atoms with E-state index in [-0.39, 0.29) is 17.9 Å². The van der Waals surface area contributed by atoms with Crippen molar-refractivity contribution in [2.45, 2.75) is 54.9 Å². The number of aliphatic hydroxyl groups is 1. The molecule has 7 heteroatoms. The Labute approximate surface area is 155 Å². The van der Waals surface area contributed by atoms with Crippen LogP contribution in [0.5, 0.6) is 0 Å². The number of ketones is 1. The Bertz CT molecular complexity index is 955. The molecule has 0 amide bonds. The van der Waals surface area contributed by atoms with E-state index in [1.165, 1.54) is 14.0 Å². The van der Waals surface area contributed by atoms with Gasteiger partial charge in [0, 0.05) is 18.4 Å². The second kappa shape index (κ2) is 4.48. The first-order valence-electron chi connectivity index (χ1n) is 9.38. The molecule has 27 heavy (non-hydrogen) atoms. The van der Waals surface area contributed by atoms with E-state index >= 15 is 0 Å². The number of carbonyl (C=O) groups is 2. The van der Waals surface area contributed by atoms with E-state index in [2.05, 4.69) is 0 Å². The lowest BCUT2D eigenvalue weighted by atomic mass is 9.51. The van der Waals surface area contributed by atoms with E-state index in [9.17, 15) is 14.7 Å². The molecule has 6 atom stereocenters. The molecule has 4 aliphatic heterocycles. The summed E-state index contributed by atoms with van der Waals surface area (Å²) >= 11 is 0. The fourth-order valence-electron chi connectivity index (χ4n) is 6.66. The van der Waals surface area contributed by atoms with Crippen molar-refractivity contribution >= 4 is 23.2 Å². The quantitative estimate of drug-likeness (QED) is 0.785. The third-order valence-electron chi connectivity index (χ3n) is 7.62. The maximum Gasteiger partial charge on any atom is 0.344 e. The second-order valence-corrected chi connectivity index (χ2v) is 8.47. The van der Waals surface area contributed by atoms with Crippen LogP contribution in [-0.4, -0.2) is 58.0 Å². The standard InChI is InChI=1S/C20H20N2O5/c1-10(23)19-9-11-8-18-12-5-3-4-6-13(12)21-16(18)20(25,17(24)26-2)14(19)7-15(18)22(11)27-19/h3-6,11,14-15,25H,7-9H2,1-2H3. The topological polar surface area (TPSA) is 88.4 Å². The lowest BCUT2D eigenvalue weighted by Gasteiger charge is -2.57. The van der Waals surface area contributed by atoms with Crippen LogP contribution in [0.4, 0.5) is 5.69 Å². The van der Waals surface area contributed by atoms with Crippen molar-refractivity contribution in [3.05, 3.63) is 29.8 Å². The molecule has 5 aliphatic rings. The number of esters is 1. The number of Topliss-reactive ketones (excluding diaryl/α,β-unsaturated/α-hetero) is 1. The molecule has 0 radical (unpaired) electrons. The maximum atomic E-state index is 12.9. The van der Waals surface area contributed by atoms with Crippen molar-refractivity contribution in [3.63, 3.8) is 0 Å². The van der Waals surface area contributed by atoms with Crippen LogP contribution < -0.4 is 0 Å². The normalized spacial score (nSPS) is 45.4. The number of para-hydroxylation sites is 1. The highest BCUT2D eigenvalue weighted by molar-refractivity contribution is 6.20. The number of benzene rings is 1. The van der Waals surface area contributed by atoms with E-state index in [1.807, 2.05) is 29.3 Å². The Morgan fingerprint density at radius 2 is 2.11 bits per heavy atom. The molecule has 6 unspecified atom stereocenters. The number of carbonyl (C=O) groups excluding carboxylic acids is 2. The number of ether oxygens (including phenoxy) is 1. The highest BCUT2D eigenvalue weighted by atomic mass is 16.7. The van der Waals surface area contributed by atoms with Gasteiger partial charge in [0.05, 0.1) is 30.0 Å². The molecule has 1 aliphatic carbocycles. The summed E-state index contributed by atoms with van der Waals surface area (Å²) < 4.78 is 5.03. The van der Waals surface area contributed by atoms with Crippen molar-refractivity contribution in [1.29, 1.82) is 0 Å². The van der Waals surface area contributed by atoms with Gasteiger partial charge < -0.3 is 9.84 Å². The number of aliphatic imine (C=N–C) groups is 1. The summed E-state index contributed by atoms with van der Waals surface area (Å²) in [5, 5.41) is 13.8. The number of hydrogen-bond acceptors (Lipinski definition) is 7. The molecule has 7 nitrogen and oxygen atoms in total. The van der Waals surface area contributed by atoms with E-state index < -0.39 is 28.5 Å². The van der Waals surface area contributed by atoms with Crippen molar-refractivity contribution in [3.8, 4) is 0 Å². The number of nitrogens with zero attached hydrogens (tertiary/aromatic N) is 2. The van der Waals surface area contributed by atoms with Crippen LogP contribution in [0.3, 0.4) is 0 Å². The van der Waals surface area contributed by atoms with Gasteiger partial charge in [-0.1, -0.05) is 18.2 Å². The van der Waals surface area contributed by atoms with Gasteiger partial charge in [-0.15, -0.1) is 0 Å². The third kappa shape index (κ3) is 1.42. The lowest BCUT2D eigenvalue weighted by Crippen LogP contribution is -2.75. The predicted molar refractivity (Wildman–Crippen MR) is 93.4 cm³/mol. The van der Waals surface area contributed by atoms with Crippen molar-refractivity contribution in [2.24, 2.45) is 10.9 Å². The minimum Gasteiger partial charge on any atom is -0.467 e. The lowest BCUT2D eigenvalue weighted by molar-refractivity contribution is -0.280. The molecule has 1 aromatic rings. The number of hydroxylamine groups is 2. The van der Waals surface area contributed by atoms with Gasteiger partial charge in [-0.3, -0.25) is 14.6 Å². The average molecular weight is 368 g/mol. The molecule has 1 aromatic carbocycles. The Morgan fingerprint density at radius 1 is 1.33 bits per heavy atom. The zero-order valence-electron chi connectivity index (χ0n) is 15.1. The van der Waals surface area contributed by atoms with Crippen molar-refractivity contribution < 1.29 is 24.3 Å². The van der Waals surface area contributed by atoms with Gasteiger partial charge in [0.1, 0.15) is 0 Å². The number of methoxy groups -OCH3 is 1. The van der Waals surface area contributed by atoms with Crippen LogP contribution in [0.2, 0.25) is 0 Å². The predicted octanol–water partition coefficient (Wildman–Crippen LogP) is 1.05. The molecular formula is C20H20N2O5. The van der Waals surface area contributed by atoms with Crippen LogP contribution in [0, 0.1) is 5.92 Å². The SMILES string of the molecule is COC(=O)C1(O)C2=Nc3ccccc3C23CC2CC4(C(C)=O)ON2C3CC41. The van der Waals surface area contributed by atoms with Crippen LogP contribution in [0.15, 0.2) is 29.3 Å². The summed E-state index contributed by atoms with van der Waals surface area (Å²) in [5.41, 5.74) is -1.52. The molecule has 4 fully saturated rings. The zero-order valence-corrected chi connectivity index (χ0v) is 15.1. The van der Waals surface area contributed by atoms with E-state index in [0.717, 1.165) is 11.3 Å². The smallest absolute Gasteiger partial charge is 0.344 e. The molecule has 4 heterocycles. The largest absolute Gasteiger partial charge is 0.467 e. The molecule has 3 saturated heterocycles. The van der Waals surface area contributed by atoms with Gasteiger partial charge >= 0.3 is 5.97 Å². The van der Waals surface area contributed by atoms with Gasteiger partial charge in [0.2, 0.25) is 5.60 Å². The summed E-state index contributed by atoms with van der Waals surface area (Å²) in [6, 6.07) is 7.82. The fourth-order valence-corrected chi connectivity index (χ4v) is 6.66. The van der Waals surface area contributed by atoms with Crippen LogP contribution in [0.25, 0.3) is 0 Å². The summed E-state index contributed by atoms with van der Waals surface area (Å²) in [6.07, 6.45) is 1.66. The summed E-state index contributed by atoms with van der Waals surface area (Å²) in [4.78, 5) is 36.6. The molecule has 4 bridgehead atoms. The zero-order chi connectivity index (χ0) is 18.8. The highest BCUT2D eigenvalue weighted by Gasteiger charge is 2.81. The molecule has 0 aromatic heterocycles. The third-order valence-corrected chi connectivity index (χ3v) is 7.62. The minimum atomic E-state index is -1.97. The summed E-state index contributed by atoms with van der Waals surface area (Å²) in [6.45, 7) is 1.48. The fraction of sp³-hybridized carbons (Fsp3) is 0.550. The molecule has 1 N–H and O–H groups in total. The van der Waals surface area contributed by atoms with Crippen LogP contribution >= 0.6 is 0 Å². The Kier molecular flexibility index (Phi) is 2.64. The van der Waals surface area contributed by atoms with Gasteiger partial charge in [0.25, 0.3) is 0 Å². The van der Waals surface area contributed by atoms with Gasteiger partial charge in [-0.05, 0) is 31.4 Å². The van der Waals surface area contributed by atoms with E-state index in [1.54, 1.807) is 0 Å². The first kappa shape index (κ1) is 15.9. The van der Waals surface area contributed by atoms with Crippen LogP contribution in [-0.2, 0) is 24.6 Å². The van der Waals surface area contributed by atoms with Gasteiger partial charge in [0.15, 0.2) is 11.4 Å². The van der Waals surface area contributed by atoms with E-state index in [0.29, 0.717) is 25.0 Å². The Hall–Kier alpha value is -2.09. The second-order valence-electron chi connectivity index (χ2n) is 8.47. The number of fused-ring (bicyclic) bond motifs is 4. The molecule has 6 rings (SSSR count). The highest BCUT2D eigenvalue weighted by Crippen LogP contribution is 2.68. The van der Waals surface area contributed by atoms with Crippen molar-refractivity contribution in [2.75, 3.05) is 7.11 Å². The molecular weight excluding hydrogens is 348 g/mol. The first-order chi connectivity index (χ1) is 12.9. The summed E-state index contributed by atoms with van der Waals surface area (Å²) in [5.74, 6) is -1.63. The molecule has 140 valence electrons. The summed E-state index contributed by atoms with van der Waals surface area (Å²) in [7, 11) is 1.26.